The van der Waals surface area contributed by atoms with Crippen LogP contribution in [0.25, 0.3) is 0 Å². The number of hydrogen-bond donors (Lipinski definition) is 1. The molecule has 0 aliphatic carbocycles. The van der Waals surface area contributed by atoms with Gasteiger partial charge in [0.2, 0.25) is 0 Å². The van der Waals surface area contributed by atoms with Crippen molar-refractivity contribution >= 4 is 0 Å². The summed E-state index contributed by atoms with van der Waals surface area (Å²) >= 11 is 0. The Morgan fingerprint density at radius 1 is 1.46 bits per heavy atom. The van der Waals surface area contributed by atoms with E-state index in [9.17, 15) is 0 Å². The molecule has 0 saturated carbocycles. The molecule has 0 aromatic heterocycles. The minimum absolute atomic E-state index is 0.0472. The molecule has 0 aliphatic rings. The summed E-state index contributed by atoms with van der Waals surface area (Å²) in [6.07, 6.45) is 1.20. The summed E-state index contributed by atoms with van der Waals surface area (Å²) in [4.78, 5) is 2.21. The smallest absolute Gasteiger partial charge is 0.108 e. The third kappa shape index (κ3) is 5.62. The maximum Gasteiger partial charge on any atom is 0.108 e. The largest absolute Gasteiger partial charge is 0.304 e. The van der Waals surface area contributed by atoms with Crippen molar-refractivity contribution in [1.82, 2.24) is 10.2 Å². The van der Waals surface area contributed by atoms with Crippen LogP contribution in [0, 0.1) is 17.2 Å². The first-order chi connectivity index (χ1) is 6.13. The molecule has 0 heterocycles. The monoisotopic (exact) mass is 183 g/mol. The molecule has 13 heavy (non-hydrogen) atoms. The molecular weight excluding hydrogens is 162 g/mol. The molecular formula is C10H21N3. The molecule has 3 heteroatoms. The molecule has 0 aliphatic heterocycles. The molecule has 0 fully saturated rings. The van der Waals surface area contributed by atoms with Crippen LogP contribution < -0.4 is 5.32 Å². The molecule has 0 aromatic rings. The number of nitriles is 1. The molecule has 0 spiro atoms. The number of nitrogens with one attached hydrogen (secondary N) is 1. The van der Waals surface area contributed by atoms with Crippen molar-refractivity contribution < 1.29 is 0 Å². The molecule has 0 saturated heterocycles. The van der Waals surface area contributed by atoms with Crippen LogP contribution in [-0.2, 0) is 0 Å². The minimum Gasteiger partial charge on any atom is -0.304 e. The van der Waals surface area contributed by atoms with Crippen LogP contribution >= 0.6 is 0 Å². The van der Waals surface area contributed by atoms with E-state index in [0.717, 1.165) is 13.1 Å². The van der Waals surface area contributed by atoms with E-state index < -0.39 is 0 Å². The highest BCUT2D eigenvalue weighted by molar-refractivity contribution is 4.90. The fraction of sp³-hybridized carbons (Fsp3) is 0.900. The molecule has 0 aromatic carbocycles. The van der Waals surface area contributed by atoms with E-state index in [1.165, 1.54) is 6.42 Å². The zero-order chi connectivity index (χ0) is 10.3. The Kier molecular flexibility index (Phi) is 6.56. The van der Waals surface area contributed by atoms with E-state index in [1.54, 1.807) is 0 Å². The number of hydrogen-bond acceptors (Lipinski definition) is 3. The molecule has 3 nitrogen and oxygen atoms in total. The third-order valence-electron chi connectivity index (χ3n) is 2.32. The van der Waals surface area contributed by atoms with Gasteiger partial charge in [-0.1, -0.05) is 20.3 Å². The SMILES string of the molecule is CCC(C)CN(C)CC(C#N)NC. The molecule has 1 N–H and O–H groups in total. The average molecular weight is 183 g/mol. The summed E-state index contributed by atoms with van der Waals surface area (Å²) in [5.74, 6) is 0.709. The first-order valence-corrected chi connectivity index (χ1v) is 4.89. The highest BCUT2D eigenvalue weighted by atomic mass is 15.1. The Hall–Kier alpha value is -0.590. The van der Waals surface area contributed by atoms with E-state index >= 15 is 0 Å². The second kappa shape index (κ2) is 6.88. The Labute approximate surface area is 81.7 Å². The second-order valence-electron chi connectivity index (χ2n) is 3.70. The summed E-state index contributed by atoms with van der Waals surface area (Å²) < 4.78 is 0. The zero-order valence-corrected chi connectivity index (χ0v) is 9.17. The molecule has 76 valence electrons. The van der Waals surface area contributed by atoms with E-state index in [1.807, 2.05) is 7.05 Å². The van der Waals surface area contributed by atoms with Crippen LogP contribution in [0.2, 0.25) is 0 Å². The Morgan fingerprint density at radius 3 is 2.46 bits per heavy atom. The van der Waals surface area contributed by atoms with E-state index in [2.05, 4.69) is 37.2 Å². The van der Waals surface area contributed by atoms with Crippen LogP contribution in [0.1, 0.15) is 20.3 Å². The van der Waals surface area contributed by atoms with Gasteiger partial charge in [-0.3, -0.25) is 0 Å². The highest BCUT2D eigenvalue weighted by Gasteiger charge is 2.09. The highest BCUT2D eigenvalue weighted by Crippen LogP contribution is 2.02. The van der Waals surface area contributed by atoms with Crippen molar-refractivity contribution in [1.29, 1.82) is 5.26 Å². The topological polar surface area (TPSA) is 39.1 Å². The summed E-state index contributed by atoms with van der Waals surface area (Å²) in [5.41, 5.74) is 0. The Balaban J connectivity index is 3.73. The lowest BCUT2D eigenvalue weighted by Crippen LogP contribution is -2.38. The first-order valence-electron chi connectivity index (χ1n) is 4.89. The van der Waals surface area contributed by atoms with Crippen molar-refractivity contribution in [2.24, 2.45) is 5.92 Å². The van der Waals surface area contributed by atoms with Gasteiger partial charge in [0.05, 0.1) is 6.07 Å². The van der Waals surface area contributed by atoms with Gasteiger partial charge >= 0.3 is 0 Å². The summed E-state index contributed by atoms with van der Waals surface area (Å²) in [6.45, 7) is 6.29. The van der Waals surface area contributed by atoms with Crippen molar-refractivity contribution in [3.8, 4) is 6.07 Å². The maximum atomic E-state index is 8.73. The van der Waals surface area contributed by atoms with Gasteiger partial charge in [-0.2, -0.15) is 5.26 Å². The van der Waals surface area contributed by atoms with Crippen molar-refractivity contribution in [2.45, 2.75) is 26.3 Å². The van der Waals surface area contributed by atoms with Gasteiger partial charge in [0.25, 0.3) is 0 Å². The van der Waals surface area contributed by atoms with Crippen molar-refractivity contribution in [2.75, 3.05) is 27.2 Å². The lowest BCUT2D eigenvalue weighted by atomic mass is 10.1. The predicted molar refractivity (Wildman–Crippen MR) is 55.4 cm³/mol. The van der Waals surface area contributed by atoms with Crippen molar-refractivity contribution in [3.05, 3.63) is 0 Å². The van der Waals surface area contributed by atoms with Gasteiger partial charge in [-0.15, -0.1) is 0 Å². The van der Waals surface area contributed by atoms with Crippen molar-refractivity contribution in [3.63, 3.8) is 0 Å². The molecule has 0 bridgehead atoms. The standard InChI is InChI=1S/C10H21N3/c1-5-9(2)7-13(4)8-10(6-11)12-3/h9-10,12H,5,7-8H2,1-4H3. The van der Waals surface area contributed by atoms with E-state index in [4.69, 9.17) is 5.26 Å². The second-order valence-corrected chi connectivity index (χ2v) is 3.70. The van der Waals surface area contributed by atoms with E-state index in [0.29, 0.717) is 5.92 Å². The molecule has 2 atom stereocenters. The average Bonchev–Trinajstić information content (AvgIpc) is 2.13. The van der Waals surface area contributed by atoms with Crippen LogP contribution in [0.3, 0.4) is 0 Å². The number of likely N-dealkylation sites (N-methyl/N-ethyl adjacent to an activating group) is 2. The zero-order valence-electron chi connectivity index (χ0n) is 9.17. The van der Waals surface area contributed by atoms with Gasteiger partial charge in [0.1, 0.15) is 6.04 Å². The number of nitrogens with zero attached hydrogens (tertiary/aromatic N) is 2. The molecule has 0 radical (unpaired) electrons. The van der Waals surface area contributed by atoms with Gasteiger partial charge in [-0.05, 0) is 20.0 Å². The van der Waals surface area contributed by atoms with Crippen LogP contribution in [0.5, 0.6) is 0 Å². The third-order valence-corrected chi connectivity index (χ3v) is 2.32. The normalized spacial score (nSPS) is 15.4. The van der Waals surface area contributed by atoms with Gasteiger partial charge in [0, 0.05) is 13.1 Å². The Bertz CT molecular complexity index is 162. The van der Waals surface area contributed by atoms with Gasteiger partial charge < -0.3 is 10.2 Å². The minimum atomic E-state index is -0.0472. The summed E-state index contributed by atoms with van der Waals surface area (Å²) in [6, 6.07) is 2.17. The lowest BCUT2D eigenvalue weighted by Gasteiger charge is -2.22. The molecule has 0 rings (SSSR count). The quantitative estimate of drug-likeness (QED) is 0.669. The summed E-state index contributed by atoms with van der Waals surface area (Å²) in [5, 5.41) is 11.7. The van der Waals surface area contributed by atoms with Gasteiger partial charge in [-0.25, -0.2) is 0 Å². The van der Waals surface area contributed by atoms with E-state index in [-0.39, 0.29) is 6.04 Å². The fourth-order valence-corrected chi connectivity index (χ4v) is 1.24. The van der Waals surface area contributed by atoms with Crippen LogP contribution in [-0.4, -0.2) is 38.1 Å². The van der Waals surface area contributed by atoms with Gasteiger partial charge in [0.15, 0.2) is 0 Å². The first kappa shape index (κ1) is 12.4. The van der Waals surface area contributed by atoms with Crippen LogP contribution in [0.15, 0.2) is 0 Å². The molecule has 2 unspecified atom stereocenters. The van der Waals surface area contributed by atoms with Crippen LogP contribution in [0.4, 0.5) is 0 Å². The predicted octanol–water partition coefficient (Wildman–Crippen LogP) is 1.08. The molecule has 0 amide bonds. The number of rotatable bonds is 6. The summed E-state index contributed by atoms with van der Waals surface area (Å²) in [7, 11) is 3.89. The Morgan fingerprint density at radius 2 is 2.08 bits per heavy atom. The fourth-order valence-electron chi connectivity index (χ4n) is 1.24. The maximum absolute atomic E-state index is 8.73. The lowest BCUT2D eigenvalue weighted by molar-refractivity contribution is 0.270.